The Morgan fingerprint density at radius 2 is 1.89 bits per heavy atom. The fourth-order valence-corrected chi connectivity index (χ4v) is 2.25. The van der Waals surface area contributed by atoms with Gasteiger partial charge in [-0.25, -0.2) is 0 Å². The number of halogens is 2. The SMILES string of the molecule is C[C@@H](O)CNCc1ccc(-c2cc(Cl)cc(Cl)c2)o1. The molecule has 2 aromatic rings. The largest absolute Gasteiger partial charge is 0.460 e. The molecular formula is C14H15Cl2NO2. The lowest BCUT2D eigenvalue weighted by Crippen LogP contribution is -2.23. The van der Waals surface area contributed by atoms with Crippen LogP contribution in [0.5, 0.6) is 0 Å². The Morgan fingerprint density at radius 3 is 2.53 bits per heavy atom. The van der Waals surface area contributed by atoms with Crippen molar-refractivity contribution in [3.05, 3.63) is 46.1 Å². The van der Waals surface area contributed by atoms with Gasteiger partial charge in [0.05, 0.1) is 12.6 Å². The monoisotopic (exact) mass is 299 g/mol. The van der Waals surface area contributed by atoms with E-state index in [0.29, 0.717) is 23.1 Å². The molecule has 102 valence electrons. The molecule has 0 fully saturated rings. The van der Waals surface area contributed by atoms with Crippen molar-refractivity contribution in [2.45, 2.75) is 19.6 Å². The molecule has 0 saturated heterocycles. The van der Waals surface area contributed by atoms with Crippen molar-refractivity contribution in [2.24, 2.45) is 0 Å². The first kappa shape index (κ1) is 14.4. The van der Waals surface area contributed by atoms with E-state index in [4.69, 9.17) is 32.7 Å². The number of rotatable bonds is 5. The molecular weight excluding hydrogens is 285 g/mol. The normalized spacial score (nSPS) is 12.6. The molecule has 0 aliphatic rings. The minimum atomic E-state index is -0.374. The topological polar surface area (TPSA) is 45.4 Å². The summed E-state index contributed by atoms with van der Waals surface area (Å²) in [6, 6.07) is 9.06. The molecule has 0 bridgehead atoms. The molecule has 2 N–H and O–H groups in total. The Balaban J connectivity index is 2.07. The molecule has 19 heavy (non-hydrogen) atoms. The van der Waals surface area contributed by atoms with E-state index < -0.39 is 0 Å². The van der Waals surface area contributed by atoms with Gasteiger partial charge in [0.15, 0.2) is 0 Å². The quantitative estimate of drug-likeness (QED) is 0.884. The van der Waals surface area contributed by atoms with Gasteiger partial charge in [-0.3, -0.25) is 0 Å². The van der Waals surface area contributed by atoms with Crippen LogP contribution in [0.25, 0.3) is 11.3 Å². The molecule has 0 spiro atoms. The fraction of sp³-hybridized carbons (Fsp3) is 0.286. The molecule has 3 nitrogen and oxygen atoms in total. The van der Waals surface area contributed by atoms with Gasteiger partial charge in [0, 0.05) is 22.2 Å². The summed E-state index contributed by atoms with van der Waals surface area (Å²) in [6.45, 7) is 2.83. The van der Waals surface area contributed by atoms with Crippen LogP contribution in [0.4, 0.5) is 0 Å². The first-order valence-electron chi connectivity index (χ1n) is 5.98. The van der Waals surface area contributed by atoms with E-state index in [1.165, 1.54) is 0 Å². The second-order valence-electron chi connectivity index (χ2n) is 4.40. The fourth-order valence-electron chi connectivity index (χ4n) is 1.73. The highest BCUT2D eigenvalue weighted by Crippen LogP contribution is 2.28. The average molecular weight is 300 g/mol. The number of aliphatic hydroxyl groups excluding tert-OH is 1. The van der Waals surface area contributed by atoms with Crippen LogP contribution in [0.3, 0.4) is 0 Å². The maximum absolute atomic E-state index is 9.15. The summed E-state index contributed by atoms with van der Waals surface area (Å²) in [5.74, 6) is 1.52. The van der Waals surface area contributed by atoms with Crippen molar-refractivity contribution in [2.75, 3.05) is 6.54 Å². The third-order valence-corrected chi connectivity index (χ3v) is 2.98. The van der Waals surface area contributed by atoms with Crippen molar-refractivity contribution in [3.8, 4) is 11.3 Å². The Bertz CT molecular complexity index is 532. The number of nitrogens with one attached hydrogen (secondary N) is 1. The molecule has 1 atom stereocenters. The molecule has 0 unspecified atom stereocenters. The van der Waals surface area contributed by atoms with Crippen LogP contribution >= 0.6 is 23.2 Å². The second-order valence-corrected chi connectivity index (χ2v) is 5.28. The van der Waals surface area contributed by atoms with Gasteiger partial charge >= 0.3 is 0 Å². The molecule has 0 amide bonds. The van der Waals surface area contributed by atoms with Crippen LogP contribution in [0, 0.1) is 0 Å². The maximum atomic E-state index is 9.15. The molecule has 0 saturated carbocycles. The van der Waals surface area contributed by atoms with Gasteiger partial charge < -0.3 is 14.8 Å². The number of furan rings is 1. The van der Waals surface area contributed by atoms with Crippen LogP contribution in [-0.4, -0.2) is 17.8 Å². The zero-order chi connectivity index (χ0) is 13.8. The van der Waals surface area contributed by atoms with Crippen molar-refractivity contribution in [1.29, 1.82) is 0 Å². The molecule has 1 aromatic heterocycles. The van der Waals surface area contributed by atoms with Crippen LogP contribution in [0.2, 0.25) is 10.0 Å². The van der Waals surface area contributed by atoms with E-state index >= 15 is 0 Å². The van der Waals surface area contributed by atoms with Gasteiger partial charge in [0.2, 0.25) is 0 Å². The molecule has 5 heteroatoms. The Hall–Kier alpha value is -1.00. The minimum Gasteiger partial charge on any atom is -0.460 e. The smallest absolute Gasteiger partial charge is 0.134 e. The Morgan fingerprint density at radius 1 is 1.21 bits per heavy atom. The highest BCUT2D eigenvalue weighted by molar-refractivity contribution is 6.35. The summed E-state index contributed by atoms with van der Waals surface area (Å²) in [4.78, 5) is 0. The number of hydrogen-bond acceptors (Lipinski definition) is 3. The molecule has 1 aromatic carbocycles. The Labute approximate surface area is 122 Å². The maximum Gasteiger partial charge on any atom is 0.134 e. The standard InChI is InChI=1S/C14H15Cl2NO2/c1-9(18)7-17-8-13-2-3-14(19-13)10-4-11(15)6-12(16)5-10/h2-6,9,17-18H,7-8H2,1H3/t9-/m1/s1. The molecule has 0 aliphatic carbocycles. The van der Waals surface area contributed by atoms with Gasteiger partial charge in [-0.05, 0) is 37.3 Å². The van der Waals surface area contributed by atoms with Gasteiger partial charge in [0.1, 0.15) is 11.5 Å². The van der Waals surface area contributed by atoms with Gasteiger partial charge in [-0.15, -0.1) is 0 Å². The van der Waals surface area contributed by atoms with Crippen LogP contribution in [0.15, 0.2) is 34.7 Å². The average Bonchev–Trinajstić information content (AvgIpc) is 2.76. The van der Waals surface area contributed by atoms with Crippen molar-refractivity contribution in [3.63, 3.8) is 0 Å². The van der Waals surface area contributed by atoms with E-state index in [1.54, 1.807) is 25.1 Å². The third-order valence-electron chi connectivity index (χ3n) is 2.55. The first-order valence-corrected chi connectivity index (χ1v) is 6.74. The lowest BCUT2D eigenvalue weighted by molar-refractivity contribution is 0.190. The van der Waals surface area contributed by atoms with E-state index in [1.807, 2.05) is 12.1 Å². The number of benzene rings is 1. The Kier molecular flexibility index (Phi) is 4.88. The summed E-state index contributed by atoms with van der Waals surface area (Å²) >= 11 is 11.9. The lowest BCUT2D eigenvalue weighted by atomic mass is 10.2. The number of hydrogen-bond donors (Lipinski definition) is 2. The predicted octanol–water partition coefficient (Wildman–Crippen LogP) is 3.72. The van der Waals surface area contributed by atoms with Gasteiger partial charge in [0.25, 0.3) is 0 Å². The van der Waals surface area contributed by atoms with E-state index in [2.05, 4.69) is 5.32 Å². The minimum absolute atomic E-state index is 0.374. The predicted molar refractivity (Wildman–Crippen MR) is 77.6 cm³/mol. The molecule has 0 radical (unpaired) electrons. The zero-order valence-corrected chi connectivity index (χ0v) is 12.0. The molecule has 0 aliphatic heterocycles. The van der Waals surface area contributed by atoms with Crippen molar-refractivity contribution in [1.82, 2.24) is 5.32 Å². The highest BCUT2D eigenvalue weighted by Gasteiger charge is 2.07. The molecule has 2 rings (SSSR count). The van der Waals surface area contributed by atoms with E-state index in [0.717, 1.165) is 17.1 Å². The first-order chi connectivity index (χ1) is 9.04. The van der Waals surface area contributed by atoms with Crippen LogP contribution < -0.4 is 5.32 Å². The van der Waals surface area contributed by atoms with E-state index in [9.17, 15) is 0 Å². The van der Waals surface area contributed by atoms with Crippen molar-refractivity contribution < 1.29 is 9.52 Å². The summed E-state index contributed by atoms with van der Waals surface area (Å²) < 4.78 is 5.70. The van der Waals surface area contributed by atoms with Crippen molar-refractivity contribution >= 4 is 23.2 Å². The lowest BCUT2D eigenvalue weighted by Gasteiger charge is -2.04. The van der Waals surface area contributed by atoms with Crippen LogP contribution in [-0.2, 0) is 6.54 Å². The molecule has 1 heterocycles. The second kappa shape index (κ2) is 6.44. The summed E-state index contributed by atoms with van der Waals surface area (Å²) in [5.41, 5.74) is 0.847. The highest BCUT2D eigenvalue weighted by atomic mass is 35.5. The number of aliphatic hydroxyl groups is 1. The van der Waals surface area contributed by atoms with Gasteiger partial charge in [-0.1, -0.05) is 23.2 Å². The van der Waals surface area contributed by atoms with Crippen LogP contribution in [0.1, 0.15) is 12.7 Å². The summed E-state index contributed by atoms with van der Waals surface area (Å²) in [7, 11) is 0. The summed E-state index contributed by atoms with van der Waals surface area (Å²) in [6.07, 6.45) is -0.374. The van der Waals surface area contributed by atoms with E-state index in [-0.39, 0.29) is 6.10 Å². The van der Waals surface area contributed by atoms with Gasteiger partial charge in [-0.2, -0.15) is 0 Å². The summed E-state index contributed by atoms with van der Waals surface area (Å²) in [5, 5.41) is 13.4. The third kappa shape index (κ3) is 4.25. The zero-order valence-electron chi connectivity index (χ0n) is 10.5.